The van der Waals surface area contributed by atoms with Crippen LogP contribution >= 0.6 is 0 Å². The van der Waals surface area contributed by atoms with Gasteiger partial charge in [0.15, 0.2) is 0 Å². The summed E-state index contributed by atoms with van der Waals surface area (Å²) in [6.07, 6.45) is 0.673. The summed E-state index contributed by atoms with van der Waals surface area (Å²) >= 11 is 0. The molecule has 0 aliphatic rings. The van der Waals surface area contributed by atoms with Gasteiger partial charge in [-0.3, -0.25) is 9.48 Å². The molecule has 0 saturated carbocycles. The first kappa shape index (κ1) is 14.7. The monoisotopic (exact) mass is 253 g/mol. The van der Waals surface area contributed by atoms with Crippen LogP contribution in [0.2, 0.25) is 0 Å². The molecule has 1 N–H and O–H groups in total. The van der Waals surface area contributed by atoms with Crippen molar-refractivity contribution < 1.29 is 9.53 Å². The van der Waals surface area contributed by atoms with Crippen LogP contribution in [-0.2, 0) is 16.1 Å². The number of aromatic nitrogens is 2. The van der Waals surface area contributed by atoms with Crippen molar-refractivity contribution in [2.24, 2.45) is 0 Å². The molecule has 0 saturated heterocycles. The number of hydrogen-bond donors (Lipinski definition) is 1. The third-order valence-electron chi connectivity index (χ3n) is 2.75. The summed E-state index contributed by atoms with van der Waals surface area (Å²) in [4.78, 5) is 11.6. The Kier molecular flexibility index (Phi) is 5.34. The molecule has 0 spiro atoms. The molecule has 0 amide bonds. The van der Waals surface area contributed by atoms with E-state index in [1.165, 1.54) is 7.11 Å². The second-order valence-corrected chi connectivity index (χ2v) is 4.84. The normalized spacial score (nSPS) is 12.8. The fourth-order valence-corrected chi connectivity index (χ4v) is 1.97. The molecule has 5 nitrogen and oxygen atoms in total. The van der Waals surface area contributed by atoms with E-state index in [1.54, 1.807) is 0 Å². The van der Waals surface area contributed by atoms with Crippen molar-refractivity contribution in [3.8, 4) is 0 Å². The molecule has 1 heterocycles. The Morgan fingerprint density at radius 2 is 2.17 bits per heavy atom. The number of nitrogens with one attached hydrogen (secondary N) is 1. The van der Waals surface area contributed by atoms with E-state index in [0.717, 1.165) is 11.4 Å². The number of nitrogens with zero attached hydrogens (tertiary/aromatic N) is 2. The van der Waals surface area contributed by atoms with Crippen molar-refractivity contribution in [1.82, 2.24) is 15.1 Å². The third-order valence-corrected chi connectivity index (χ3v) is 2.75. The van der Waals surface area contributed by atoms with Crippen molar-refractivity contribution in [1.29, 1.82) is 0 Å². The predicted octanol–water partition coefficient (Wildman–Crippen LogP) is 1.43. The minimum absolute atomic E-state index is 0.217. The van der Waals surface area contributed by atoms with Gasteiger partial charge in [0.05, 0.1) is 12.8 Å². The topological polar surface area (TPSA) is 56.2 Å². The first-order valence-electron chi connectivity index (χ1n) is 6.29. The highest BCUT2D eigenvalue weighted by atomic mass is 16.5. The number of carbonyl (C=O) groups is 1. The Labute approximate surface area is 109 Å². The molecule has 1 rings (SSSR count). The zero-order chi connectivity index (χ0) is 13.7. The van der Waals surface area contributed by atoms with Gasteiger partial charge in [0.1, 0.15) is 6.04 Å². The van der Waals surface area contributed by atoms with E-state index < -0.39 is 0 Å². The van der Waals surface area contributed by atoms with E-state index in [-0.39, 0.29) is 18.1 Å². The lowest BCUT2D eigenvalue weighted by molar-refractivity contribution is -0.143. The van der Waals surface area contributed by atoms with Crippen LogP contribution in [0.4, 0.5) is 0 Å². The van der Waals surface area contributed by atoms with Crippen LogP contribution in [-0.4, -0.2) is 34.9 Å². The second kappa shape index (κ2) is 6.54. The van der Waals surface area contributed by atoms with Gasteiger partial charge in [-0.25, -0.2) is 0 Å². The van der Waals surface area contributed by atoms with Crippen LogP contribution < -0.4 is 5.32 Å². The SMILES string of the molecule is COC(=O)C(CCn1nc(C)cc1C)NC(C)C. The van der Waals surface area contributed by atoms with Gasteiger partial charge >= 0.3 is 5.97 Å². The van der Waals surface area contributed by atoms with Crippen LogP contribution in [0, 0.1) is 13.8 Å². The molecule has 102 valence electrons. The second-order valence-electron chi connectivity index (χ2n) is 4.84. The Morgan fingerprint density at radius 3 is 2.61 bits per heavy atom. The Balaban J connectivity index is 2.61. The fraction of sp³-hybridized carbons (Fsp3) is 0.692. The van der Waals surface area contributed by atoms with E-state index in [4.69, 9.17) is 4.74 Å². The highest BCUT2D eigenvalue weighted by Gasteiger charge is 2.19. The molecule has 0 aliphatic heterocycles. The smallest absolute Gasteiger partial charge is 0.322 e. The maximum absolute atomic E-state index is 11.6. The number of methoxy groups -OCH3 is 1. The van der Waals surface area contributed by atoms with Gasteiger partial charge in [-0.2, -0.15) is 5.10 Å². The summed E-state index contributed by atoms with van der Waals surface area (Å²) in [5.74, 6) is -0.217. The highest BCUT2D eigenvalue weighted by molar-refractivity contribution is 5.75. The van der Waals surface area contributed by atoms with E-state index in [2.05, 4.69) is 10.4 Å². The summed E-state index contributed by atoms with van der Waals surface area (Å²) in [5.41, 5.74) is 2.11. The zero-order valence-electron chi connectivity index (χ0n) is 11.9. The molecule has 1 aromatic heterocycles. The molecule has 1 unspecified atom stereocenters. The maximum Gasteiger partial charge on any atom is 0.322 e. The van der Waals surface area contributed by atoms with Crippen molar-refractivity contribution in [3.05, 3.63) is 17.5 Å². The molecule has 1 aromatic rings. The van der Waals surface area contributed by atoms with Crippen molar-refractivity contribution in [2.75, 3.05) is 7.11 Å². The number of hydrogen-bond acceptors (Lipinski definition) is 4. The van der Waals surface area contributed by atoms with Gasteiger partial charge in [-0.15, -0.1) is 0 Å². The Morgan fingerprint density at radius 1 is 1.50 bits per heavy atom. The molecule has 0 bridgehead atoms. The first-order chi connectivity index (χ1) is 8.43. The van der Waals surface area contributed by atoms with Crippen LogP contribution in [0.25, 0.3) is 0 Å². The minimum Gasteiger partial charge on any atom is -0.468 e. The largest absolute Gasteiger partial charge is 0.468 e. The van der Waals surface area contributed by atoms with Crippen molar-refractivity contribution in [2.45, 2.75) is 52.7 Å². The average molecular weight is 253 g/mol. The fourth-order valence-electron chi connectivity index (χ4n) is 1.97. The summed E-state index contributed by atoms with van der Waals surface area (Å²) in [6, 6.07) is 2.00. The molecule has 0 radical (unpaired) electrons. The molecular formula is C13H23N3O2. The molecule has 18 heavy (non-hydrogen) atoms. The lowest BCUT2D eigenvalue weighted by atomic mass is 10.2. The molecule has 0 aromatic carbocycles. The quantitative estimate of drug-likeness (QED) is 0.779. The summed E-state index contributed by atoms with van der Waals surface area (Å²) in [7, 11) is 1.42. The maximum atomic E-state index is 11.6. The Hall–Kier alpha value is -1.36. The number of esters is 1. The number of ether oxygens (including phenoxy) is 1. The van der Waals surface area contributed by atoms with Gasteiger partial charge < -0.3 is 10.1 Å². The van der Waals surface area contributed by atoms with E-state index in [9.17, 15) is 4.79 Å². The van der Waals surface area contributed by atoms with E-state index in [1.807, 2.05) is 38.4 Å². The lowest BCUT2D eigenvalue weighted by Gasteiger charge is -2.19. The standard InChI is InChI=1S/C13H23N3O2/c1-9(2)14-12(13(17)18-5)6-7-16-11(4)8-10(3)15-16/h8-9,12,14H,6-7H2,1-5H3. The van der Waals surface area contributed by atoms with Gasteiger partial charge in [0.2, 0.25) is 0 Å². The number of carbonyl (C=O) groups excluding carboxylic acids is 1. The van der Waals surface area contributed by atoms with Gasteiger partial charge in [-0.1, -0.05) is 13.8 Å². The molecule has 0 aliphatic carbocycles. The van der Waals surface area contributed by atoms with Crippen LogP contribution in [0.1, 0.15) is 31.7 Å². The lowest BCUT2D eigenvalue weighted by Crippen LogP contribution is -2.42. The number of aryl methyl sites for hydroxylation is 3. The predicted molar refractivity (Wildman–Crippen MR) is 70.4 cm³/mol. The number of rotatable bonds is 6. The summed E-state index contributed by atoms with van der Waals surface area (Å²) < 4.78 is 6.73. The van der Waals surface area contributed by atoms with Crippen molar-refractivity contribution in [3.63, 3.8) is 0 Å². The molecule has 0 fully saturated rings. The molecular weight excluding hydrogens is 230 g/mol. The zero-order valence-corrected chi connectivity index (χ0v) is 11.9. The summed E-state index contributed by atoms with van der Waals surface area (Å²) in [6.45, 7) is 8.72. The highest BCUT2D eigenvalue weighted by Crippen LogP contribution is 2.05. The van der Waals surface area contributed by atoms with Crippen LogP contribution in [0.3, 0.4) is 0 Å². The minimum atomic E-state index is -0.279. The third kappa shape index (κ3) is 4.14. The van der Waals surface area contributed by atoms with Crippen molar-refractivity contribution >= 4 is 5.97 Å². The van der Waals surface area contributed by atoms with Crippen LogP contribution in [0.5, 0.6) is 0 Å². The Bertz CT molecular complexity index is 399. The van der Waals surface area contributed by atoms with E-state index >= 15 is 0 Å². The first-order valence-corrected chi connectivity index (χ1v) is 6.29. The summed E-state index contributed by atoms with van der Waals surface area (Å²) in [5, 5.41) is 7.59. The van der Waals surface area contributed by atoms with Gasteiger partial charge in [0, 0.05) is 18.3 Å². The van der Waals surface area contributed by atoms with Gasteiger partial charge in [0.25, 0.3) is 0 Å². The average Bonchev–Trinajstić information content (AvgIpc) is 2.61. The van der Waals surface area contributed by atoms with Gasteiger partial charge in [-0.05, 0) is 26.3 Å². The van der Waals surface area contributed by atoms with E-state index in [0.29, 0.717) is 13.0 Å². The molecule has 5 heteroatoms. The molecule has 1 atom stereocenters. The van der Waals surface area contributed by atoms with Crippen LogP contribution in [0.15, 0.2) is 6.07 Å².